The van der Waals surface area contributed by atoms with Gasteiger partial charge in [0.2, 0.25) is 5.91 Å². The van der Waals surface area contributed by atoms with Gasteiger partial charge in [-0.1, -0.05) is 6.92 Å². The van der Waals surface area contributed by atoms with Gasteiger partial charge in [-0.25, -0.2) is 0 Å². The van der Waals surface area contributed by atoms with Gasteiger partial charge in [-0.05, 0) is 43.8 Å². The van der Waals surface area contributed by atoms with Crippen molar-refractivity contribution in [3.63, 3.8) is 0 Å². The van der Waals surface area contributed by atoms with Crippen LogP contribution in [0, 0.1) is 5.41 Å². The highest BCUT2D eigenvalue weighted by Gasteiger charge is 2.32. The molecule has 3 N–H and O–H groups in total. The summed E-state index contributed by atoms with van der Waals surface area (Å²) in [5.74, 6) is -0.355. The topological polar surface area (TPSA) is 66.6 Å². The van der Waals surface area contributed by atoms with Crippen LogP contribution in [0.5, 0.6) is 0 Å². The van der Waals surface area contributed by atoms with E-state index in [0.29, 0.717) is 12.2 Å². The minimum atomic E-state index is -0.355. The van der Waals surface area contributed by atoms with Crippen LogP contribution >= 0.6 is 11.3 Å². The van der Waals surface area contributed by atoms with Gasteiger partial charge in [0, 0.05) is 23.4 Å². The smallest absolute Gasteiger partial charge is 0.249 e. The van der Waals surface area contributed by atoms with E-state index in [1.807, 2.05) is 11.4 Å². The molecular weight excluding hydrogens is 260 g/mol. The average Bonchev–Trinajstić information content (AvgIpc) is 2.89. The quantitative estimate of drug-likeness (QED) is 0.866. The molecule has 0 aliphatic carbocycles. The summed E-state index contributed by atoms with van der Waals surface area (Å²) < 4.78 is 0. The van der Waals surface area contributed by atoms with Crippen LogP contribution in [0.3, 0.4) is 0 Å². The Morgan fingerprint density at radius 1 is 1.53 bits per heavy atom. The highest BCUT2D eigenvalue weighted by atomic mass is 32.1. The molecular formula is C14H22N2O2S. The van der Waals surface area contributed by atoms with E-state index in [0.717, 1.165) is 38.9 Å². The number of carbonyl (C=O) groups is 1. The molecule has 1 saturated heterocycles. The number of primary amides is 1. The number of nitrogens with two attached hydrogens (primary N) is 1. The first-order valence-corrected chi connectivity index (χ1v) is 7.67. The third-order valence-electron chi connectivity index (χ3n) is 4.32. The second-order valence-corrected chi connectivity index (χ2v) is 6.45. The maximum absolute atomic E-state index is 11.1. The number of hydrogen-bond acceptors (Lipinski definition) is 4. The number of thiophene rings is 1. The lowest BCUT2D eigenvalue weighted by atomic mass is 9.77. The molecule has 106 valence electrons. The van der Waals surface area contributed by atoms with E-state index in [9.17, 15) is 9.90 Å². The number of likely N-dealkylation sites (tertiary alicyclic amines) is 1. The first-order valence-electron chi connectivity index (χ1n) is 6.79. The van der Waals surface area contributed by atoms with Crippen molar-refractivity contribution in [2.24, 2.45) is 11.1 Å². The first-order chi connectivity index (χ1) is 9.08. The van der Waals surface area contributed by atoms with Gasteiger partial charge in [-0.3, -0.25) is 9.69 Å². The average molecular weight is 282 g/mol. The molecule has 0 unspecified atom stereocenters. The lowest BCUT2D eigenvalue weighted by molar-refractivity contribution is 0.0386. The molecule has 0 bridgehead atoms. The molecule has 1 fully saturated rings. The van der Waals surface area contributed by atoms with Crippen molar-refractivity contribution in [3.8, 4) is 0 Å². The molecule has 1 aromatic rings. The van der Waals surface area contributed by atoms with Crippen LogP contribution in [0.25, 0.3) is 0 Å². The van der Waals surface area contributed by atoms with E-state index in [1.165, 1.54) is 4.88 Å². The Balaban J connectivity index is 1.90. The second kappa shape index (κ2) is 6.03. The van der Waals surface area contributed by atoms with Crippen LogP contribution in [-0.2, 0) is 6.54 Å². The second-order valence-electron chi connectivity index (χ2n) is 5.45. The predicted octanol–water partition coefficient (Wildman–Crippen LogP) is 1.83. The Kier molecular flexibility index (Phi) is 4.60. The zero-order valence-corrected chi connectivity index (χ0v) is 12.2. The molecule has 1 aliphatic rings. The van der Waals surface area contributed by atoms with Gasteiger partial charge in [0.15, 0.2) is 0 Å². The van der Waals surface area contributed by atoms with Gasteiger partial charge < -0.3 is 10.8 Å². The molecule has 1 aliphatic heterocycles. The molecule has 0 aromatic carbocycles. The van der Waals surface area contributed by atoms with E-state index in [-0.39, 0.29) is 11.3 Å². The van der Waals surface area contributed by atoms with Crippen LogP contribution in [0.2, 0.25) is 0 Å². The summed E-state index contributed by atoms with van der Waals surface area (Å²) in [5.41, 5.74) is 5.99. The van der Waals surface area contributed by atoms with Crippen molar-refractivity contribution in [1.82, 2.24) is 4.90 Å². The molecule has 0 atom stereocenters. The maximum atomic E-state index is 11.1. The number of carbonyl (C=O) groups excluding carboxylic acids is 1. The molecule has 2 rings (SSSR count). The fourth-order valence-corrected chi connectivity index (χ4v) is 3.54. The standard InChI is InChI=1S/C14H22N2O2S/c1-2-14(10-17)3-5-16(6-4-14)8-12-7-11(9-19-12)13(15)18/h7,9,17H,2-6,8,10H2,1H3,(H2,15,18). The Labute approximate surface area is 118 Å². The van der Waals surface area contributed by atoms with Gasteiger partial charge in [-0.15, -0.1) is 11.3 Å². The number of amides is 1. The molecule has 5 heteroatoms. The largest absolute Gasteiger partial charge is 0.396 e. The van der Waals surface area contributed by atoms with Crippen molar-refractivity contribution in [2.75, 3.05) is 19.7 Å². The number of piperidine rings is 1. The monoisotopic (exact) mass is 282 g/mol. The molecule has 2 heterocycles. The van der Waals surface area contributed by atoms with E-state index in [4.69, 9.17) is 5.73 Å². The fourth-order valence-electron chi connectivity index (χ4n) is 2.62. The van der Waals surface area contributed by atoms with Gasteiger partial charge in [0.1, 0.15) is 0 Å². The zero-order chi connectivity index (χ0) is 13.9. The number of rotatable bonds is 5. The van der Waals surface area contributed by atoms with Crippen molar-refractivity contribution < 1.29 is 9.90 Å². The van der Waals surface area contributed by atoms with Gasteiger partial charge in [0.05, 0.1) is 5.56 Å². The lowest BCUT2D eigenvalue weighted by Gasteiger charge is -2.40. The van der Waals surface area contributed by atoms with Crippen LogP contribution < -0.4 is 5.73 Å². The molecule has 1 amide bonds. The van der Waals surface area contributed by atoms with Gasteiger partial charge in [-0.2, -0.15) is 0 Å². The number of hydrogen-bond donors (Lipinski definition) is 2. The van der Waals surface area contributed by atoms with E-state index < -0.39 is 0 Å². The first kappa shape index (κ1) is 14.5. The Hall–Kier alpha value is -0.910. The molecule has 1 aromatic heterocycles. The van der Waals surface area contributed by atoms with E-state index in [2.05, 4.69) is 11.8 Å². The van der Waals surface area contributed by atoms with Crippen LogP contribution in [0.15, 0.2) is 11.4 Å². The Morgan fingerprint density at radius 3 is 2.68 bits per heavy atom. The summed E-state index contributed by atoms with van der Waals surface area (Å²) in [5, 5.41) is 11.3. The minimum absolute atomic E-state index is 0.129. The zero-order valence-electron chi connectivity index (χ0n) is 11.4. The summed E-state index contributed by atoms with van der Waals surface area (Å²) in [4.78, 5) is 14.6. The van der Waals surface area contributed by atoms with Crippen LogP contribution in [-0.4, -0.2) is 35.6 Å². The normalized spacial score (nSPS) is 19.5. The summed E-state index contributed by atoms with van der Waals surface area (Å²) in [6.07, 6.45) is 3.14. The SMILES string of the molecule is CCC1(CO)CCN(Cc2cc(C(N)=O)cs2)CC1. The van der Waals surface area contributed by atoms with Gasteiger partial charge >= 0.3 is 0 Å². The van der Waals surface area contributed by atoms with Gasteiger partial charge in [0.25, 0.3) is 0 Å². The minimum Gasteiger partial charge on any atom is -0.396 e. The summed E-state index contributed by atoms with van der Waals surface area (Å²) in [6, 6.07) is 1.89. The van der Waals surface area contributed by atoms with Crippen molar-refractivity contribution in [3.05, 3.63) is 21.9 Å². The number of nitrogens with zero attached hydrogens (tertiary/aromatic N) is 1. The predicted molar refractivity (Wildman–Crippen MR) is 77.2 cm³/mol. The third-order valence-corrected chi connectivity index (χ3v) is 5.24. The van der Waals surface area contributed by atoms with Crippen LogP contribution in [0.4, 0.5) is 0 Å². The van der Waals surface area contributed by atoms with E-state index in [1.54, 1.807) is 11.3 Å². The van der Waals surface area contributed by atoms with Crippen molar-refractivity contribution in [1.29, 1.82) is 0 Å². The molecule has 0 saturated carbocycles. The maximum Gasteiger partial charge on any atom is 0.249 e. The van der Waals surface area contributed by atoms with E-state index >= 15 is 0 Å². The number of aliphatic hydroxyl groups excluding tert-OH is 1. The highest BCUT2D eigenvalue weighted by molar-refractivity contribution is 7.10. The molecule has 19 heavy (non-hydrogen) atoms. The summed E-state index contributed by atoms with van der Waals surface area (Å²) >= 11 is 1.59. The van der Waals surface area contributed by atoms with Crippen molar-refractivity contribution >= 4 is 17.2 Å². The summed E-state index contributed by atoms with van der Waals surface area (Å²) in [7, 11) is 0. The Morgan fingerprint density at radius 2 is 2.21 bits per heavy atom. The van der Waals surface area contributed by atoms with Crippen molar-refractivity contribution in [2.45, 2.75) is 32.7 Å². The molecule has 0 spiro atoms. The Bertz CT molecular complexity index is 430. The molecule has 0 radical (unpaired) electrons. The summed E-state index contributed by atoms with van der Waals surface area (Å²) in [6.45, 7) is 5.35. The molecule has 4 nitrogen and oxygen atoms in total. The third kappa shape index (κ3) is 3.35. The van der Waals surface area contributed by atoms with Crippen LogP contribution in [0.1, 0.15) is 41.4 Å². The fraction of sp³-hybridized carbons (Fsp3) is 0.643. The highest BCUT2D eigenvalue weighted by Crippen LogP contribution is 2.34. The number of aliphatic hydroxyl groups is 1. The lowest BCUT2D eigenvalue weighted by Crippen LogP contribution is -2.41.